The van der Waals surface area contributed by atoms with Gasteiger partial charge in [-0.1, -0.05) is 27.5 Å². The van der Waals surface area contributed by atoms with Gasteiger partial charge in [0, 0.05) is 22.4 Å². The van der Waals surface area contributed by atoms with Gasteiger partial charge in [0.1, 0.15) is 5.75 Å². The van der Waals surface area contributed by atoms with Gasteiger partial charge in [0.2, 0.25) is 0 Å². The molecule has 0 radical (unpaired) electrons. The lowest BCUT2D eigenvalue weighted by molar-refractivity contribution is 0.408. The Hall–Kier alpha value is -1.33. The minimum absolute atomic E-state index is 0.0357. The van der Waals surface area contributed by atoms with Gasteiger partial charge >= 0.3 is 0 Å². The molecule has 0 atom stereocenters. The maximum absolute atomic E-state index is 11.8. The van der Waals surface area contributed by atoms with Crippen LogP contribution in [-0.4, -0.2) is 16.7 Å². The number of benzene rings is 1. The van der Waals surface area contributed by atoms with E-state index in [2.05, 4.69) is 20.9 Å². The van der Waals surface area contributed by atoms with E-state index >= 15 is 0 Å². The van der Waals surface area contributed by atoms with Crippen LogP contribution in [0.5, 0.6) is 5.75 Å². The van der Waals surface area contributed by atoms with Crippen LogP contribution >= 0.6 is 27.5 Å². The fourth-order valence-corrected chi connectivity index (χ4v) is 2.17. The van der Waals surface area contributed by atoms with Gasteiger partial charge in [0.05, 0.1) is 13.7 Å². The number of hydrogen-bond acceptors (Lipinski definition) is 3. The number of aromatic nitrogens is 2. The predicted octanol–water partition coefficient (Wildman–Crippen LogP) is 2.72. The molecule has 0 saturated carbocycles. The summed E-state index contributed by atoms with van der Waals surface area (Å²) in [4.78, 5) is 15.5. The number of nitrogens with zero attached hydrogens (tertiary/aromatic N) is 2. The first kappa shape index (κ1) is 13.1. The average Bonchev–Trinajstić information content (AvgIpc) is 2.35. The Kier molecular flexibility index (Phi) is 4.04. The van der Waals surface area contributed by atoms with E-state index in [1.54, 1.807) is 13.3 Å². The molecule has 1 heterocycles. The highest BCUT2D eigenvalue weighted by Gasteiger charge is 2.07. The van der Waals surface area contributed by atoms with Gasteiger partial charge in [-0.2, -0.15) is 0 Å². The van der Waals surface area contributed by atoms with Crippen LogP contribution in [0.4, 0.5) is 0 Å². The molecule has 0 aliphatic rings. The highest BCUT2D eigenvalue weighted by Crippen LogP contribution is 2.23. The first-order chi connectivity index (χ1) is 8.61. The number of methoxy groups -OCH3 is 1. The molecular weight excluding hydrogens is 320 g/mol. The van der Waals surface area contributed by atoms with Crippen molar-refractivity contribution in [2.75, 3.05) is 7.11 Å². The molecule has 2 rings (SSSR count). The Labute approximate surface area is 117 Å². The molecule has 94 valence electrons. The largest absolute Gasteiger partial charge is 0.496 e. The van der Waals surface area contributed by atoms with Crippen molar-refractivity contribution in [1.29, 1.82) is 0 Å². The minimum Gasteiger partial charge on any atom is -0.496 e. The number of ether oxygens (including phenoxy) is 1. The van der Waals surface area contributed by atoms with Crippen LogP contribution in [0.25, 0.3) is 0 Å². The van der Waals surface area contributed by atoms with E-state index in [-0.39, 0.29) is 10.7 Å². The molecule has 0 spiro atoms. The Morgan fingerprint density at radius 2 is 2.28 bits per heavy atom. The topological polar surface area (TPSA) is 44.1 Å². The third kappa shape index (κ3) is 2.73. The van der Waals surface area contributed by atoms with Gasteiger partial charge in [-0.15, -0.1) is 0 Å². The van der Waals surface area contributed by atoms with Crippen LogP contribution in [0.15, 0.2) is 39.9 Å². The van der Waals surface area contributed by atoms with Crippen molar-refractivity contribution in [3.05, 3.63) is 56.1 Å². The second-order valence-electron chi connectivity index (χ2n) is 3.61. The molecule has 0 fully saturated rings. The van der Waals surface area contributed by atoms with Crippen molar-refractivity contribution in [1.82, 2.24) is 9.55 Å². The second-order valence-corrected chi connectivity index (χ2v) is 4.88. The average molecular weight is 330 g/mol. The summed E-state index contributed by atoms with van der Waals surface area (Å²) in [6, 6.07) is 5.62. The van der Waals surface area contributed by atoms with Crippen LogP contribution in [0.3, 0.4) is 0 Å². The van der Waals surface area contributed by atoms with E-state index in [1.165, 1.54) is 10.8 Å². The van der Waals surface area contributed by atoms with Gasteiger partial charge in [-0.25, -0.2) is 4.98 Å². The molecule has 0 amide bonds. The maximum atomic E-state index is 11.8. The summed E-state index contributed by atoms with van der Waals surface area (Å²) in [7, 11) is 1.59. The van der Waals surface area contributed by atoms with Crippen LogP contribution in [-0.2, 0) is 6.54 Å². The SMILES string of the molecule is COc1ccc(Br)cc1Cn1ccnc(Cl)c1=O. The van der Waals surface area contributed by atoms with E-state index in [1.807, 2.05) is 18.2 Å². The standard InChI is InChI=1S/C12H10BrClN2O2/c1-18-10-3-2-9(13)6-8(10)7-16-5-4-15-11(14)12(16)17/h2-6H,7H2,1H3. The summed E-state index contributed by atoms with van der Waals surface area (Å²) in [5, 5.41) is -0.0357. The third-order valence-electron chi connectivity index (χ3n) is 2.45. The van der Waals surface area contributed by atoms with Gasteiger partial charge in [0.25, 0.3) is 5.56 Å². The van der Waals surface area contributed by atoms with Gasteiger partial charge in [-0.05, 0) is 18.2 Å². The zero-order valence-electron chi connectivity index (χ0n) is 9.56. The molecule has 0 N–H and O–H groups in total. The Bertz CT molecular complexity index is 628. The zero-order valence-corrected chi connectivity index (χ0v) is 11.9. The number of halogens is 2. The minimum atomic E-state index is -0.318. The zero-order chi connectivity index (χ0) is 13.1. The molecule has 2 aromatic rings. The fourth-order valence-electron chi connectivity index (χ4n) is 1.60. The summed E-state index contributed by atoms with van der Waals surface area (Å²) < 4.78 is 7.67. The fraction of sp³-hybridized carbons (Fsp3) is 0.167. The molecule has 0 aliphatic carbocycles. The summed E-state index contributed by atoms with van der Waals surface area (Å²) in [6.07, 6.45) is 3.09. The van der Waals surface area contributed by atoms with Crippen LogP contribution in [0.2, 0.25) is 5.15 Å². The molecule has 0 aliphatic heterocycles. The summed E-state index contributed by atoms with van der Waals surface area (Å²) in [5.74, 6) is 0.720. The molecule has 4 nitrogen and oxygen atoms in total. The Morgan fingerprint density at radius 3 is 3.00 bits per heavy atom. The molecular formula is C12H10BrClN2O2. The Balaban J connectivity index is 2.42. The van der Waals surface area contributed by atoms with Crippen molar-refractivity contribution >= 4 is 27.5 Å². The van der Waals surface area contributed by atoms with E-state index in [0.717, 1.165) is 15.8 Å². The number of hydrogen-bond donors (Lipinski definition) is 0. The molecule has 18 heavy (non-hydrogen) atoms. The van der Waals surface area contributed by atoms with E-state index in [4.69, 9.17) is 16.3 Å². The quantitative estimate of drug-likeness (QED) is 0.869. The normalized spacial score (nSPS) is 10.4. The lowest BCUT2D eigenvalue weighted by Gasteiger charge is -2.10. The first-order valence-electron chi connectivity index (χ1n) is 5.15. The summed E-state index contributed by atoms with van der Waals surface area (Å²) in [6.45, 7) is 0.379. The van der Waals surface area contributed by atoms with Gasteiger partial charge in [0.15, 0.2) is 5.15 Å². The molecule has 1 aromatic heterocycles. The molecule has 1 aromatic carbocycles. The lowest BCUT2D eigenvalue weighted by atomic mass is 10.2. The van der Waals surface area contributed by atoms with Crippen molar-refractivity contribution in [2.24, 2.45) is 0 Å². The van der Waals surface area contributed by atoms with Crippen molar-refractivity contribution in [3.63, 3.8) is 0 Å². The van der Waals surface area contributed by atoms with E-state index in [0.29, 0.717) is 6.54 Å². The monoisotopic (exact) mass is 328 g/mol. The van der Waals surface area contributed by atoms with Crippen molar-refractivity contribution < 1.29 is 4.74 Å². The smallest absolute Gasteiger partial charge is 0.288 e. The van der Waals surface area contributed by atoms with Crippen LogP contribution < -0.4 is 10.3 Å². The van der Waals surface area contributed by atoms with Crippen LogP contribution in [0, 0.1) is 0 Å². The highest BCUT2D eigenvalue weighted by atomic mass is 79.9. The molecule has 0 unspecified atom stereocenters. The lowest BCUT2D eigenvalue weighted by Crippen LogP contribution is -2.21. The van der Waals surface area contributed by atoms with Gasteiger partial charge in [-0.3, -0.25) is 4.79 Å². The van der Waals surface area contributed by atoms with E-state index < -0.39 is 0 Å². The molecule has 0 saturated heterocycles. The maximum Gasteiger partial charge on any atom is 0.288 e. The van der Waals surface area contributed by atoms with Gasteiger partial charge < -0.3 is 9.30 Å². The summed E-state index contributed by atoms with van der Waals surface area (Å²) in [5.41, 5.74) is 0.567. The van der Waals surface area contributed by atoms with Crippen molar-refractivity contribution in [2.45, 2.75) is 6.54 Å². The molecule has 0 bridgehead atoms. The highest BCUT2D eigenvalue weighted by molar-refractivity contribution is 9.10. The number of rotatable bonds is 3. The molecule has 6 heteroatoms. The van der Waals surface area contributed by atoms with Crippen molar-refractivity contribution in [3.8, 4) is 5.75 Å². The second kappa shape index (κ2) is 5.54. The van der Waals surface area contributed by atoms with Crippen LogP contribution in [0.1, 0.15) is 5.56 Å². The first-order valence-corrected chi connectivity index (χ1v) is 6.32. The van der Waals surface area contributed by atoms with E-state index in [9.17, 15) is 4.79 Å². The third-order valence-corrected chi connectivity index (χ3v) is 3.21. The Morgan fingerprint density at radius 1 is 1.50 bits per heavy atom. The predicted molar refractivity (Wildman–Crippen MR) is 73.3 cm³/mol. The summed E-state index contributed by atoms with van der Waals surface area (Å²) >= 11 is 9.09.